The first-order valence-electron chi connectivity index (χ1n) is 8.15. The summed E-state index contributed by atoms with van der Waals surface area (Å²) in [6.07, 6.45) is 0.0203. The van der Waals surface area contributed by atoms with Gasteiger partial charge in [0.1, 0.15) is 11.8 Å². The van der Waals surface area contributed by atoms with Crippen molar-refractivity contribution in [3.8, 4) is 5.75 Å². The van der Waals surface area contributed by atoms with Gasteiger partial charge in [-0.15, -0.1) is 11.8 Å². The molecule has 136 valence electrons. The Morgan fingerprint density at radius 1 is 1.28 bits per heavy atom. The fraction of sp³-hybridized carbons (Fsp3) is 0.471. The molecule has 2 N–H and O–H groups in total. The van der Waals surface area contributed by atoms with Gasteiger partial charge in [0.25, 0.3) is 0 Å². The van der Waals surface area contributed by atoms with Crippen molar-refractivity contribution in [2.75, 3.05) is 24.3 Å². The topological polar surface area (TPSA) is 93.7 Å². The lowest BCUT2D eigenvalue weighted by Crippen LogP contribution is -2.51. The Kier molecular flexibility index (Phi) is 7.12. The second-order valence-electron chi connectivity index (χ2n) is 5.32. The van der Waals surface area contributed by atoms with Crippen LogP contribution < -0.4 is 15.4 Å². The molecular weight excluding hydrogens is 344 g/mol. The summed E-state index contributed by atoms with van der Waals surface area (Å²) in [5.74, 6) is -0.0896. The van der Waals surface area contributed by atoms with E-state index in [0.717, 1.165) is 0 Å². The molecule has 2 amide bonds. The van der Waals surface area contributed by atoms with E-state index in [1.54, 1.807) is 25.1 Å². The van der Waals surface area contributed by atoms with E-state index < -0.39 is 17.3 Å². The van der Waals surface area contributed by atoms with Crippen molar-refractivity contribution in [2.45, 2.75) is 31.6 Å². The van der Waals surface area contributed by atoms with E-state index in [4.69, 9.17) is 9.47 Å². The van der Waals surface area contributed by atoms with Gasteiger partial charge in [0.05, 0.1) is 24.2 Å². The van der Waals surface area contributed by atoms with E-state index in [0.29, 0.717) is 23.8 Å². The number of carbonyl (C=O) groups is 3. The molecule has 0 saturated carbocycles. The van der Waals surface area contributed by atoms with Crippen LogP contribution in [-0.2, 0) is 19.1 Å². The molecule has 2 rings (SSSR count). The molecule has 1 aliphatic heterocycles. The van der Waals surface area contributed by atoms with E-state index in [-0.39, 0.29) is 24.8 Å². The van der Waals surface area contributed by atoms with E-state index >= 15 is 0 Å². The number of esters is 1. The first kappa shape index (κ1) is 19.1. The average Bonchev–Trinajstić information content (AvgIpc) is 2.59. The van der Waals surface area contributed by atoms with Gasteiger partial charge in [0.15, 0.2) is 0 Å². The fourth-order valence-electron chi connectivity index (χ4n) is 2.34. The number of thioether (sulfide) groups is 1. The summed E-state index contributed by atoms with van der Waals surface area (Å²) in [4.78, 5) is 36.0. The van der Waals surface area contributed by atoms with Gasteiger partial charge >= 0.3 is 5.97 Å². The standard InChI is InChI=1S/C17H22N2O5S/c1-3-23-13-8-6-5-7-11(13)18-15(20)9-14-16(21)19-12(10-25-14)17(22)24-4-2/h5-8,12,14H,3-4,9-10H2,1-2H3,(H,18,20)(H,19,21). The number of anilines is 1. The lowest BCUT2D eigenvalue weighted by Gasteiger charge is -2.27. The van der Waals surface area contributed by atoms with Gasteiger partial charge in [-0.05, 0) is 26.0 Å². The molecule has 1 aromatic rings. The molecule has 1 saturated heterocycles. The van der Waals surface area contributed by atoms with Crippen LogP contribution in [0.5, 0.6) is 5.75 Å². The number of para-hydroxylation sites is 2. The highest BCUT2D eigenvalue weighted by molar-refractivity contribution is 8.00. The van der Waals surface area contributed by atoms with Gasteiger partial charge in [-0.3, -0.25) is 9.59 Å². The number of carbonyl (C=O) groups excluding carboxylic acids is 3. The van der Waals surface area contributed by atoms with Crippen LogP contribution in [0, 0.1) is 0 Å². The first-order chi connectivity index (χ1) is 12.0. The molecule has 8 heteroatoms. The lowest BCUT2D eigenvalue weighted by atomic mass is 10.2. The van der Waals surface area contributed by atoms with Crippen molar-refractivity contribution in [3.63, 3.8) is 0 Å². The second-order valence-corrected chi connectivity index (χ2v) is 6.55. The van der Waals surface area contributed by atoms with Crippen LogP contribution in [0.4, 0.5) is 5.69 Å². The van der Waals surface area contributed by atoms with Crippen LogP contribution in [0.1, 0.15) is 20.3 Å². The number of hydrogen-bond donors (Lipinski definition) is 2. The molecule has 2 atom stereocenters. The Hall–Kier alpha value is -2.22. The highest BCUT2D eigenvalue weighted by atomic mass is 32.2. The van der Waals surface area contributed by atoms with Gasteiger partial charge in [-0.25, -0.2) is 4.79 Å². The Balaban J connectivity index is 1.89. The van der Waals surface area contributed by atoms with Crippen molar-refractivity contribution in [1.82, 2.24) is 5.32 Å². The normalized spacial score (nSPS) is 19.7. The molecule has 25 heavy (non-hydrogen) atoms. The molecule has 0 bridgehead atoms. The smallest absolute Gasteiger partial charge is 0.329 e. The number of nitrogens with one attached hydrogen (secondary N) is 2. The van der Waals surface area contributed by atoms with Crippen LogP contribution in [0.25, 0.3) is 0 Å². The Morgan fingerprint density at radius 3 is 2.72 bits per heavy atom. The molecule has 1 fully saturated rings. The van der Waals surface area contributed by atoms with E-state index in [2.05, 4.69) is 10.6 Å². The molecular formula is C17H22N2O5S. The highest BCUT2D eigenvalue weighted by Gasteiger charge is 2.34. The van der Waals surface area contributed by atoms with Gasteiger partial charge in [-0.2, -0.15) is 0 Å². The summed E-state index contributed by atoms with van der Waals surface area (Å²) < 4.78 is 10.4. The van der Waals surface area contributed by atoms with Gasteiger partial charge < -0.3 is 20.1 Å². The summed E-state index contributed by atoms with van der Waals surface area (Å²) in [5, 5.41) is 4.84. The van der Waals surface area contributed by atoms with Crippen molar-refractivity contribution >= 4 is 35.2 Å². The van der Waals surface area contributed by atoms with Crippen molar-refractivity contribution < 1.29 is 23.9 Å². The zero-order valence-electron chi connectivity index (χ0n) is 14.2. The van der Waals surface area contributed by atoms with E-state index in [1.807, 2.05) is 13.0 Å². The summed E-state index contributed by atoms with van der Waals surface area (Å²) in [7, 11) is 0. The number of ether oxygens (including phenoxy) is 2. The van der Waals surface area contributed by atoms with Crippen molar-refractivity contribution in [1.29, 1.82) is 0 Å². The van der Waals surface area contributed by atoms with E-state index in [9.17, 15) is 14.4 Å². The Labute approximate surface area is 150 Å². The van der Waals surface area contributed by atoms with Crippen molar-refractivity contribution in [2.24, 2.45) is 0 Å². The largest absolute Gasteiger partial charge is 0.492 e. The minimum atomic E-state index is -0.657. The van der Waals surface area contributed by atoms with Crippen molar-refractivity contribution in [3.05, 3.63) is 24.3 Å². The van der Waals surface area contributed by atoms with Crippen LogP contribution in [0.3, 0.4) is 0 Å². The van der Waals surface area contributed by atoms with E-state index in [1.165, 1.54) is 11.8 Å². The number of rotatable bonds is 7. The molecule has 1 heterocycles. The summed E-state index contributed by atoms with van der Waals surface area (Å²) >= 11 is 1.28. The van der Waals surface area contributed by atoms with Crippen LogP contribution in [0.2, 0.25) is 0 Å². The number of hydrogen-bond acceptors (Lipinski definition) is 6. The SMILES string of the molecule is CCOC(=O)C1CSC(CC(=O)Nc2ccccc2OCC)C(=O)N1. The van der Waals surface area contributed by atoms with Gasteiger partial charge in [-0.1, -0.05) is 12.1 Å². The quantitative estimate of drug-likeness (QED) is 0.712. The highest BCUT2D eigenvalue weighted by Crippen LogP contribution is 2.26. The third-order valence-corrected chi connectivity index (χ3v) is 4.78. The maximum Gasteiger partial charge on any atom is 0.329 e. The molecule has 7 nitrogen and oxygen atoms in total. The molecule has 0 radical (unpaired) electrons. The predicted octanol–water partition coefficient (Wildman–Crippen LogP) is 1.58. The minimum Gasteiger partial charge on any atom is -0.492 e. The van der Waals surface area contributed by atoms with Gasteiger partial charge in [0, 0.05) is 12.2 Å². The molecule has 2 unspecified atom stereocenters. The molecule has 1 aliphatic rings. The first-order valence-corrected chi connectivity index (χ1v) is 9.20. The zero-order chi connectivity index (χ0) is 18.2. The zero-order valence-corrected chi connectivity index (χ0v) is 15.1. The third kappa shape index (κ3) is 5.38. The Bertz CT molecular complexity index is 637. The summed E-state index contributed by atoms with van der Waals surface area (Å²) in [6.45, 7) is 4.33. The second kappa shape index (κ2) is 9.31. The maximum absolute atomic E-state index is 12.2. The fourth-order valence-corrected chi connectivity index (χ4v) is 3.47. The number of amides is 2. The molecule has 0 aliphatic carbocycles. The summed E-state index contributed by atoms with van der Waals surface area (Å²) in [6, 6.07) is 6.47. The summed E-state index contributed by atoms with van der Waals surface area (Å²) in [5.41, 5.74) is 0.569. The molecule has 0 aromatic heterocycles. The maximum atomic E-state index is 12.2. The number of benzene rings is 1. The molecule has 0 spiro atoms. The average molecular weight is 366 g/mol. The third-order valence-electron chi connectivity index (χ3n) is 3.48. The van der Waals surface area contributed by atoms with Crippen LogP contribution in [0.15, 0.2) is 24.3 Å². The predicted molar refractivity (Wildman–Crippen MR) is 95.7 cm³/mol. The monoisotopic (exact) mass is 366 g/mol. The van der Waals surface area contributed by atoms with Crippen LogP contribution in [-0.4, -0.2) is 48.0 Å². The molecule has 1 aromatic carbocycles. The minimum absolute atomic E-state index is 0.0203. The lowest BCUT2D eigenvalue weighted by molar-refractivity contribution is -0.146. The van der Waals surface area contributed by atoms with Crippen LogP contribution >= 0.6 is 11.8 Å². The Morgan fingerprint density at radius 2 is 2.04 bits per heavy atom. The van der Waals surface area contributed by atoms with Gasteiger partial charge in [0.2, 0.25) is 11.8 Å².